The summed E-state index contributed by atoms with van der Waals surface area (Å²) in [5.41, 5.74) is 5.88. The molecule has 0 saturated heterocycles. The number of carbonyl (C=O) groups excluding carboxylic acids is 1. The van der Waals surface area contributed by atoms with Gasteiger partial charge in [-0.25, -0.2) is 0 Å². The highest BCUT2D eigenvalue weighted by molar-refractivity contribution is 7.80. The zero-order chi connectivity index (χ0) is 15.9. The van der Waals surface area contributed by atoms with Gasteiger partial charge in [0.2, 0.25) is 0 Å². The van der Waals surface area contributed by atoms with Crippen molar-refractivity contribution in [2.45, 2.75) is 26.4 Å². The maximum absolute atomic E-state index is 11.7. The molecule has 0 saturated carbocycles. The first-order valence-corrected chi connectivity index (χ1v) is 7.18. The number of nitrogens with two attached hydrogens (primary N) is 1. The molecule has 6 heteroatoms. The van der Waals surface area contributed by atoms with E-state index in [0.29, 0.717) is 23.9 Å². The maximum Gasteiger partial charge on any atom is 0.258 e. The van der Waals surface area contributed by atoms with Crippen molar-refractivity contribution in [3.05, 3.63) is 29.8 Å². The van der Waals surface area contributed by atoms with Crippen LogP contribution in [0.3, 0.4) is 0 Å². The van der Waals surface area contributed by atoms with Crippen LogP contribution in [0.2, 0.25) is 0 Å². The van der Waals surface area contributed by atoms with Crippen LogP contribution in [-0.2, 0) is 9.53 Å². The summed E-state index contributed by atoms with van der Waals surface area (Å²) in [6.45, 7) is 6.76. The lowest BCUT2D eigenvalue weighted by Gasteiger charge is -2.24. The summed E-state index contributed by atoms with van der Waals surface area (Å²) in [4.78, 5) is 12.0. The molecule has 1 amide bonds. The smallest absolute Gasteiger partial charge is 0.258 e. The largest absolute Gasteiger partial charge is 0.484 e. The quantitative estimate of drug-likeness (QED) is 0.714. The number of carbonyl (C=O) groups is 1. The van der Waals surface area contributed by atoms with Crippen LogP contribution in [0, 0.1) is 0 Å². The van der Waals surface area contributed by atoms with E-state index in [0.717, 1.165) is 5.56 Å². The molecule has 0 unspecified atom stereocenters. The second-order valence-corrected chi connectivity index (χ2v) is 5.59. The Hall–Kier alpha value is -1.66. The molecule has 0 radical (unpaired) electrons. The minimum Gasteiger partial charge on any atom is -0.484 e. The maximum atomic E-state index is 11.7. The van der Waals surface area contributed by atoms with E-state index >= 15 is 0 Å². The van der Waals surface area contributed by atoms with Gasteiger partial charge in [-0.15, -0.1) is 0 Å². The summed E-state index contributed by atoms with van der Waals surface area (Å²) in [5, 5.41) is 2.78. The number of nitrogens with one attached hydrogen (secondary N) is 1. The fourth-order valence-corrected chi connectivity index (χ4v) is 1.80. The number of hydrogen-bond donors (Lipinski definition) is 2. The molecule has 0 atom stereocenters. The van der Waals surface area contributed by atoms with Crippen LogP contribution >= 0.6 is 12.2 Å². The monoisotopic (exact) mass is 310 g/mol. The van der Waals surface area contributed by atoms with Crippen LogP contribution in [0.1, 0.15) is 26.3 Å². The van der Waals surface area contributed by atoms with Gasteiger partial charge in [-0.05, 0) is 45.0 Å². The standard InChI is InChI=1S/C15H22N2O3S/c1-4-20-15(2,3)10-17-13(18)9-19-12-7-5-11(6-8-12)14(16)21/h5-8H,4,9-10H2,1-3H3,(H2,16,21)(H,17,18). The third-order valence-electron chi connectivity index (χ3n) is 2.76. The van der Waals surface area contributed by atoms with E-state index in [-0.39, 0.29) is 18.1 Å². The van der Waals surface area contributed by atoms with E-state index < -0.39 is 0 Å². The predicted molar refractivity (Wildman–Crippen MR) is 86.5 cm³/mol. The normalized spacial score (nSPS) is 11.0. The summed E-state index contributed by atoms with van der Waals surface area (Å²) >= 11 is 4.86. The van der Waals surface area contributed by atoms with Gasteiger partial charge in [-0.3, -0.25) is 4.79 Å². The number of amides is 1. The first-order valence-electron chi connectivity index (χ1n) is 6.77. The van der Waals surface area contributed by atoms with Crippen molar-refractivity contribution in [1.29, 1.82) is 0 Å². The average Bonchev–Trinajstić information content (AvgIpc) is 2.43. The molecule has 116 valence electrons. The molecule has 1 aromatic rings. The van der Waals surface area contributed by atoms with Gasteiger partial charge in [0.05, 0.1) is 5.60 Å². The molecular weight excluding hydrogens is 288 g/mol. The second-order valence-electron chi connectivity index (χ2n) is 5.15. The van der Waals surface area contributed by atoms with Gasteiger partial charge >= 0.3 is 0 Å². The van der Waals surface area contributed by atoms with Gasteiger partial charge < -0.3 is 20.5 Å². The van der Waals surface area contributed by atoms with Crippen molar-refractivity contribution in [2.24, 2.45) is 5.73 Å². The third-order valence-corrected chi connectivity index (χ3v) is 2.99. The van der Waals surface area contributed by atoms with Crippen molar-refractivity contribution in [2.75, 3.05) is 19.8 Å². The molecule has 1 aromatic carbocycles. The van der Waals surface area contributed by atoms with Gasteiger partial charge in [0, 0.05) is 18.7 Å². The molecule has 5 nitrogen and oxygen atoms in total. The summed E-state index contributed by atoms with van der Waals surface area (Å²) in [7, 11) is 0. The highest BCUT2D eigenvalue weighted by atomic mass is 32.1. The van der Waals surface area contributed by atoms with E-state index in [1.54, 1.807) is 24.3 Å². The van der Waals surface area contributed by atoms with Crippen molar-refractivity contribution in [1.82, 2.24) is 5.32 Å². The average molecular weight is 310 g/mol. The van der Waals surface area contributed by atoms with Crippen LogP contribution in [0.25, 0.3) is 0 Å². The molecule has 3 N–H and O–H groups in total. The Morgan fingerprint density at radius 1 is 1.33 bits per heavy atom. The van der Waals surface area contributed by atoms with E-state index in [4.69, 9.17) is 27.4 Å². The van der Waals surface area contributed by atoms with E-state index in [2.05, 4.69) is 5.32 Å². The predicted octanol–water partition coefficient (Wildman–Crippen LogP) is 1.63. The Morgan fingerprint density at radius 2 is 1.95 bits per heavy atom. The van der Waals surface area contributed by atoms with Crippen molar-refractivity contribution >= 4 is 23.1 Å². The van der Waals surface area contributed by atoms with Crippen molar-refractivity contribution in [3.8, 4) is 5.75 Å². The molecular formula is C15H22N2O3S. The summed E-state index contributed by atoms with van der Waals surface area (Å²) in [6.07, 6.45) is 0. The number of rotatable bonds is 8. The van der Waals surface area contributed by atoms with Gasteiger partial charge in [0.15, 0.2) is 6.61 Å². The highest BCUT2D eigenvalue weighted by Gasteiger charge is 2.18. The lowest BCUT2D eigenvalue weighted by atomic mass is 10.1. The molecule has 21 heavy (non-hydrogen) atoms. The molecule has 0 spiro atoms. The second kappa shape index (κ2) is 7.95. The molecule has 0 aromatic heterocycles. The topological polar surface area (TPSA) is 73.6 Å². The number of hydrogen-bond acceptors (Lipinski definition) is 4. The third kappa shape index (κ3) is 6.55. The Labute approximate surface area is 130 Å². The minimum atomic E-state index is -0.386. The van der Waals surface area contributed by atoms with Crippen LogP contribution in [-0.4, -0.2) is 36.3 Å². The van der Waals surface area contributed by atoms with Gasteiger partial charge in [-0.1, -0.05) is 12.2 Å². The molecule has 0 aliphatic heterocycles. The summed E-state index contributed by atoms with van der Waals surface area (Å²) in [6, 6.07) is 6.97. The molecule has 0 heterocycles. The summed E-state index contributed by atoms with van der Waals surface area (Å²) in [5.74, 6) is 0.399. The van der Waals surface area contributed by atoms with Crippen molar-refractivity contribution < 1.29 is 14.3 Å². The van der Waals surface area contributed by atoms with Crippen LogP contribution in [0.4, 0.5) is 0 Å². The van der Waals surface area contributed by atoms with Crippen LogP contribution < -0.4 is 15.8 Å². The first-order chi connectivity index (χ1) is 9.84. The summed E-state index contributed by atoms with van der Waals surface area (Å²) < 4.78 is 10.9. The Bertz CT molecular complexity index is 486. The van der Waals surface area contributed by atoms with Crippen LogP contribution in [0.5, 0.6) is 5.75 Å². The van der Waals surface area contributed by atoms with Gasteiger partial charge in [0.1, 0.15) is 10.7 Å². The van der Waals surface area contributed by atoms with E-state index in [1.807, 2.05) is 20.8 Å². The molecule has 1 rings (SSSR count). The molecule has 0 aliphatic rings. The number of ether oxygens (including phenoxy) is 2. The Kier molecular flexibility index (Phi) is 6.58. The Morgan fingerprint density at radius 3 is 2.48 bits per heavy atom. The van der Waals surface area contributed by atoms with Crippen LogP contribution in [0.15, 0.2) is 24.3 Å². The van der Waals surface area contributed by atoms with Crippen molar-refractivity contribution in [3.63, 3.8) is 0 Å². The lowest BCUT2D eigenvalue weighted by molar-refractivity contribution is -0.124. The lowest BCUT2D eigenvalue weighted by Crippen LogP contribution is -2.42. The van der Waals surface area contributed by atoms with E-state index in [9.17, 15) is 4.79 Å². The molecule has 0 aliphatic carbocycles. The SMILES string of the molecule is CCOC(C)(C)CNC(=O)COc1ccc(C(N)=S)cc1. The minimum absolute atomic E-state index is 0.0470. The van der Waals surface area contributed by atoms with Gasteiger partial charge in [0.25, 0.3) is 5.91 Å². The first kappa shape index (κ1) is 17.4. The molecule has 0 fully saturated rings. The fourth-order valence-electron chi connectivity index (χ4n) is 1.67. The number of benzene rings is 1. The number of thiocarbonyl (C=S) groups is 1. The zero-order valence-electron chi connectivity index (χ0n) is 12.6. The Balaban J connectivity index is 2.37. The fraction of sp³-hybridized carbons (Fsp3) is 0.467. The molecule has 0 bridgehead atoms. The van der Waals surface area contributed by atoms with Gasteiger partial charge in [-0.2, -0.15) is 0 Å². The zero-order valence-corrected chi connectivity index (χ0v) is 13.5. The van der Waals surface area contributed by atoms with E-state index in [1.165, 1.54) is 0 Å². The highest BCUT2D eigenvalue weighted by Crippen LogP contribution is 2.12.